The Balaban J connectivity index is 2.24. The van der Waals surface area contributed by atoms with Crippen molar-refractivity contribution in [1.82, 2.24) is 4.98 Å². The van der Waals surface area contributed by atoms with E-state index in [2.05, 4.69) is 11.9 Å². The van der Waals surface area contributed by atoms with E-state index in [0.29, 0.717) is 17.4 Å². The zero-order valence-corrected chi connectivity index (χ0v) is 10.8. The third kappa shape index (κ3) is 2.08. The molecule has 0 saturated carbocycles. The van der Waals surface area contributed by atoms with Crippen LogP contribution in [0.2, 0.25) is 0 Å². The van der Waals surface area contributed by atoms with Gasteiger partial charge in [0.1, 0.15) is 5.75 Å². The number of hydrogen-bond acceptors (Lipinski definition) is 2. The summed E-state index contributed by atoms with van der Waals surface area (Å²) in [6, 6.07) is 13.2. The van der Waals surface area contributed by atoms with E-state index in [1.165, 1.54) is 0 Å². The van der Waals surface area contributed by atoms with Crippen LogP contribution in [0.3, 0.4) is 0 Å². The number of rotatable bonds is 3. The summed E-state index contributed by atoms with van der Waals surface area (Å²) in [5.41, 5.74) is 1.75. The maximum atomic E-state index is 12.4. The lowest BCUT2D eigenvalue weighted by Crippen LogP contribution is -2.04. The van der Waals surface area contributed by atoms with E-state index in [1.54, 1.807) is 0 Å². The molecule has 0 aliphatic rings. The molecule has 0 atom stereocenters. The fourth-order valence-electron chi connectivity index (χ4n) is 2.21. The highest BCUT2D eigenvalue weighted by atomic mass is 16.5. The van der Waals surface area contributed by atoms with E-state index in [0.717, 1.165) is 23.2 Å². The molecule has 0 aliphatic heterocycles. The first-order valence-electron chi connectivity index (χ1n) is 6.47. The molecule has 0 aliphatic carbocycles. The van der Waals surface area contributed by atoms with Gasteiger partial charge in [-0.1, -0.05) is 19.1 Å². The van der Waals surface area contributed by atoms with Crippen LogP contribution in [0.15, 0.2) is 47.3 Å². The zero-order chi connectivity index (χ0) is 13.2. The molecule has 0 saturated heterocycles. The number of nitrogens with one attached hydrogen (secondary N) is 1. The number of aromatic nitrogens is 1. The molecule has 0 amide bonds. The Bertz CT molecular complexity index is 789. The number of aromatic amines is 1. The molecule has 1 aromatic heterocycles. The minimum atomic E-state index is 0.0475. The van der Waals surface area contributed by atoms with Crippen molar-refractivity contribution in [2.75, 3.05) is 6.61 Å². The van der Waals surface area contributed by atoms with Crippen molar-refractivity contribution in [3.05, 3.63) is 52.7 Å². The number of ether oxygens (including phenoxy) is 1. The Morgan fingerprint density at radius 1 is 1.05 bits per heavy atom. The van der Waals surface area contributed by atoms with Crippen LogP contribution in [0.1, 0.15) is 13.3 Å². The predicted octanol–water partition coefficient (Wildman–Crippen LogP) is 3.47. The number of H-pyrrole nitrogens is 1. The molecule has 96 valence electrons. The maximum Gasteiger partial charge on any atom is 0.197 e. The summed E-state index contributed by atoms with van der Waals surface area (Å²) in [6.07, 6.45) is 0.951. The Kier molecular flexibility index (Phi) is 2.95. The van der Waals surface area contributed by atoms with E-state index in [1.807, 2.05) is 42.5 Å². The average molecular weight is 253 g/mol. The normalized spacial score (nSPS) is 11.0. The van der Waals surface area contributed by atoms with Gasteiger partial charge in [0.05, 0.1) is 12.1 Å². The van der Waals surface area contributed by atoms with Gasteiger partial charge >= 0.3 is 0 Å². The van der Waals surface area contributed by atoms with E-state index in [4.69, 9.17) is 4.74 Å². The van der Waals surface area contributed by atoms with Gasteiger partial charge in [-0.15, -0.1) is 0 Å². The largest absolute Gasteiger partial charge is 0.494 e. The van der Waals surface area contributed by atoms with Gasteiger partial charge in [0.25, 0.3) is 0 Å². The first kappa shape index (κ1) is 11.8. The van der Waals surface area contributed by atoms with Crippen molar-refractivity contribution >= 4 is 21.8 Å². The molecule has 3 aromatic rings. The van der Waals surface area contributed by atoms with Crippen molar-refractivity contribution in [3.63, 3.8) is 0 Å². The number of benzene rings is 2. The summed E-state index contributed by atoms with van der Waals surface area (Å²) in [5, 5.41) is 1.38. The molecular weight excluding hydrogens is 238 g/mol. The predicted molar refractivity (Wildman–Crippen MR) is 77.9 cm³/mol. The van der Waals surface area contributed by atoms with Gasteiger partial charge in [0, 0.05) is 16.3 Å². The van der Waals surface area contributed by atoms with Crippen molar-refractivity contribution in [2.24, 2.45) is 0 Å². The second-order valence-corrected chi connectivity index (χ2v) is 4.56. The summed E-state index contributed by atoms with van der Waals surface area (Å²) in [4.78, 5) is 15.7. The van der Waals surface area contributed by atoms with E-state index in [-0.39, 0.29) is 5.43 Å². The van der Waals surface area contributed by atoms with Gasteiger partial charge in [-0.05, 0) is 36.8 Å². The quantitative estimate of drug-likeness (QED) is 0.726. The first-order valence-corrected chi connectivity index (χ1v) is 6.47. The van der Waals surface area contributed by atoms with Crippen LogP contribution in [0, 0.1) is 0 Å². The number of fused-ring (bicyclic) bond motifs is 2. The van der Waals surface area contributed by atoms with Crippen molar-refractivity contribution in [1.29, 1.82) is 0 Å². The average Bonchev–Trinajstić information content (AvgIpc) is 2.46. The zero-order valence-electron chi connectivity index (χ0n) is 10.8. The minimum Gasteiger partial charge on any atom is -0.494 e. The van der Waals surface area contributed by atoms with Crippen LogP contribution in [-0.4, -0.2) is 11.6 Å². The van der Waals surface area contributed by atoms with E-state index >= 15 is 0 Å². The van der Waals surface area contributed by atoms with Crippen LogP contribution < -0.4 is 10.2 Å². The smallest absolute Gasteiger partial charge is 0.197 e. The van der Waals surface area contributed by atoms with Gasteiger partial charge in [-0.3, -0.25) is 4.79 Å². The SMILES string of the molecule is CCCOc1ccc2[nH]c3ccccc3c(=O)c2c1. The summed E-state index contributed by atoms with van der Waals surface area (Å²) >= 11 is 0. The molecule has 1 N–H and O–H groups in total. The van der Waals surface area contributed by atoms with Crippen LogP contribution in [0.25, 0.3) is 21.8 Å². The second kappa shape index (κ2) is 4.76. The molecule has 0 bridgehead atoms. The molecule has 19 heavy (non-hydrogen) atoms. The minimum absolute atomic E-state index is 0.0475. The fraction of sp³-hybridized carbons (Fsp3) is 0.188. The summed E-state index contributed by atoms with van der Waals surface area (Å²) < 4.78 is 5.58. The van der Waals surface area contributed by atoms with E-state index < -0.39 is 0 Å². The Morgan fingerprint density at radius 3 is 2.68 bits per heavy atom. The molecule has 3 nitrogen and oxygen atoms in total. The van der Waals surface area contributed by atoms with Crippen molar-refractivity contribution in [3.8, 4) is 5.75 Å². The number of para-hydroxylation sites is 1. The second-order valence-electron chi connectivity index (χ2n) is 4.56. The van der Waals surface area contributed by atoms with Gasteiger partial charge in [0.15, 0.2) is 5.43 Å². The standard InChI is InChI=1S/C16H15NO2/c1-2-9-19-11-7-8-15-13(10-11)16(18)12-5-3-4-6-14(12)17-15/h3-8,10H,2,9H2,1H3,(H,17,18). The lowest BCUT2D eigenvalue weighted by atomic mass is 10.1. The molecule has 0 unspecified atom stereocenters. The third-order valence-corrected chi connectivity index (χ3v) is 3.15. The van der Waals surface area contributed by atoms with Gasteiger partial charge in [0.2, 0.25) is 0 Å². The topological polar surface area (TPSA) is 42.1 Å². The molecule has 0 radical (unpaired) electrons. The highest BCUT2D eigenvalue weighted by molar-refractivity contribution is 5.92. The molecular formula is C16H15NO2. The molecule has 2 aromatic carbocycles. The fourth-order valence-corrected chi connectivity index (χ4v) is 2.21. The lowest BCUT2D eigenvalue weighted by Gasteiger charge is -2.07. The van der Waals surface area contributed by atoms with Crippen LogP contribution in [0.5, 0.6) is 5.75 Å². The van der Waals surface area contributed by atoms with Crippen LogP contribution >= 0.6 is 0 Å². The highest BCUT2D eigenvalue weighted by Crippen LogP contribution is 2.20. The molecule has 1 heterocycles. The number of hydrogen-bond donors (Lipinski definition) is 1. The number of pyridine rings is 1. The molecule has 0 fully saturated rings. The van der Waals surface area contributed by atoms with Gasteiger partial charge < -0.3 is 9.72 Å². The summed E-state index contributed by atoms with van der Waals surface area (Å²) in [6.45, 7) is 2.72. The third-order valence-electron chi connectivity index (χ3n) is 3.15. The first-order chi connectivity index (χ1) is 9.29. The van der Waals surface area contributed by atoms with Crippen molar-refractivity contribution < 1.29 is 4.74 Å². The molecule has 0 spiro atoms. The van der Waals surface area contributed by atoms with Crippen molar-refractivity contribution in [2.45, 2.75) is 13.3 Å². The Hall–Kier alpha value is -2.29. The highest BCUT2D eigenvalue weighted by Gasteiger charge is 2.06. The van der Waals surface area contributed by atoms with Crippen LogP contribution in [0.4, 0.5) is 0 Å². The maximum absolute atomic E-state index is 12.4. The molecule has 3 rings (SSSR count). The monoisotopic (exact) mass is 253 g/mol. The summed E-state index contributed by atoms with van der Waals surface area (Å²) in [5.74, 6) is 0.745. The summed E-state index contributed by atoms with van der Waals surface area (Å²) in [7, 11) is 0. The van der Waals surface area contributed by atoms with Gasteiger partial charge in [-0.2, -0.15) is 0 Å². The van der Waals surface area contributed by atoms with Crippen LogP contribution in [-0.2, 0) is 0 Å². The van der Waals surface area contributed by atoms with Gasteiger partial charge in [-0.25, -0.2) is 0 Å². The van der Waals surface area contributed by atoms with E-state index in [9.17, 15) is 4.79 Å². The molecule has 3 heteroatoms. The lowest BCUT2D eigenvalue weighted by molar-refractivity contribution is 0.318. The Morgan fingerprint density at radius 2 is 1.84 bits per heavy atom. The Labute approximate surface area is 110 Å².